The van der Waals surface area contributed by atoms with E-state index < -0.39 is 0 Å². The van der Waals surface area contributed by atoms with E-state index in [4.69, 9.17) is 5.73 Å². The highest BCUT2D eigenvalue weighted by Gasteiger charge is 2.23. The maximum absolute atomic E-state index is 11.5. The van der Waals surface area contributed by atoms with E-state index in [-0.39, 0.29) is 11.9 Å². The molecule has 1 atom stereocenters. The topological polar surface area (TPSA) is 55.1 Å². The van der Waals surface area contributed by atoms with Gasteiger partial charge in [0.2, 0.25) is 5.91 Å². The molecule has 0 bridgehead atoms. The summed E-state index contributed by atoms with van der Waals surface area (Å²) in [6.45, 7) is 0. The van der Waals surface area contributed by atoms with Gasteiger partial charge in [-0.2, -0.15) is 0 Å². The smallest absolute Gasteiger partial charge is 0.239 e. The van der Waals surface area contributed by atoms with Gasteiger partial charge in [-0.05, 0) is 30.5 Å². The minimum atomic E-state index is -0.369. The van der Waals surface area contributed by atoms with E-state index in [1.54, 1.807) is 0 Å². The third-order valence-electron chi connectivity index (χ3n) is 3.25. The Bertz CT molecular complexity index is 385. The quantitative estimate of drug-likeness (QED) is 0.897. The molecule has 1 fully saturated rings. The van der Waals surface area contributed by atoms with Crippen LogP contribution in [0.5, 0.6) is 0 Å². The standard InChI is InChI=1S/C13H17BrN2O/c14-10-7-5-9(6-8-10)12(13(15)17)16-11-3-1-2-4-11/h5-8,11-12,16H,1-4H2,(H2,15,17)/t12-/m1/s1. The maximum Gasteiger partial charge on any atom is 0.239 e. The lowest BCUT2D eigenvalue weighted by atomic mass is 10.0. The first-order valence-electron chi connectivity index (χ1n) is 5.97. The highest BCUT2D eigenvalue weighted by atomic mass is 79.9. The minimum absolute atomic E-state index is 0.306. The molecular weight excluding hydrogens is 280 g/mol. The molecule has 3 N–H and O–H groups in total. The Morgan fingerprint density at radius 1 is 1.29 bits per heavy atom. The number of rotatable bonds is 4. The molecule has 1 aliphatic rings. The van der Waals surface area contributed by atoms with Crippen LogP contribution in [0.3, 0.4) is 0 Å². The van der Waals surface area contributed by atoms with Crippen molar-refractivity contribution in [1.82, 2.24) is 5.32 Å². The molecule has 0 aliphatic heterocycles. The van der Waals surface area contributed by atoms with Crippen LogP contribution < -0.4 is 11.1 Å². The first kappa shape index (κ1) is 12.6. The van der Waals surface area contributed by atoms with Crippen LogP contribution in [0.2, 0.25) is 0 Å². The molecule has 0 spiro atoms. The Hall–Kier alpha value is -0.870. The van der Waals surface area contributed by atoms with Gasteiger partial charge in [-0.25, -0.2) is 0 Å². The van der Waals surface area contributed by atoms with Crippen molar-refractivity contribution in [3.8, 4) is 0 Å². The summed E-state index contributed by atoms with van der Waals surface area (Å²) in [6, 6.07) is 7.79. The van der Waals surface area contributed by atoms with Gasteiger partial charge in [-0.15, -0.1) is 0 Å². The van der Waals surface area contributed by atoms with Gasteiger partial charge in [0, 0.05) is 10.5 Å². The molecule has 92 valence electrons. The number of halogens is 1. The van der Waals surface area contributed by atoms with Gasteiger partial charge in [0.1, 0.15) is 6.04 Å². The van der Waals surface area contributed by atoms with Crippen molar-refractivity contribution in [3.63, 3.8) is 0 Å². The van der Waals surface area contributed by atoms with Gasteiger partial charge in [0.25, 0.3) is 0 Å². The normalized spacial score (nSPS) is 18.2. The molecule has 2 rings (SSSR count). The van der Waals surface area contributed by atoms with Crippen molar-refractivity contribution in [2.45, 2.75) is 37.8 Å². The largest absolute Gasteiger partial charge is 0.368 e. The highest BCUT2D eigenvalue weighted by Crippen LogP contribution is 2.23. The van der Waals surface area contributed by atoms with Crippen LogP contribution in [0.15, 0.2) is 28.7 Å². The van der Waals surface area contributed by atoms with Crippen LogP contribution in [-0.2, 0) is 4.79 Å². The molecule has 0 aromatic heterocycles. The van der Waals surface area contributed by atoms with E-state index in [0.717, 1.165) is 22.9 Å². The summed E-state index contributed by atoms with van der Waals surface area (Å²) >= 11 is 3.38. The van der Waals surface area contributed by atoms with E-state index in [1.807, 2.05) is 24.3 Å². The number of amides is 1. The Labute approximate surface area is 110 Å². The predicted molar refractivity (Wildman–Crippen MR) is 71.5 cm³/mol. The van der Waals surface area contributed by atoms with E-state index in [1.165, 1.54) is 12.8 Å². The Morgan fingerprint density at radius 2 is 1.88 bits per heavy atom. The SMILES string of the molecule is NC(=O)[C@H](NC1CCCC1)c1ccc(Br)cc1. The molecule has 1 amide bonds. The lowest BCUT2D eigenvalue weighted by Crippen LogP contribution is -2.38. The lowest BCUT2D eigenvalue weighted by Gasteiger charge is -2.20. The number of nitrogens with two attached hydrogens (primary N) is 1. The zero-order valence-corrected chi connectivity index (χ0v) is 11.2. The monoisotopic (exact) mass is 296 g/mol. The second kappa shape index (κ2) is 5.65. The fourth-order valence-electron chi connectivity index (χ4n) is 2.33. The van der Waals surface area contributed by atoms with Gasteiger partial charge in [0.15, 0.2) is 0 Å². The Balaban J connectivity index is 2.10. The number of primary amides is 1. The highest BCUT2D eigenvalue weighted by molar-refractivity contribution is 9.10. The summed E-state index contributed by atoms with van der Waals surface area (Å²) in [5.41, 5.74) is 6.41. The molecular formula is C13H17BrN2O. The minimum Gasteiger partial charge on any atom is -0.368 e. The predicted octanol–water partition coefficient (Wildman–Crippen LogP) is 2.51. The van der Waals surface area contributed by atoms with Crippen molar-refractivity contribution in [2.24, 2.45) is 5.73 Å². The zero-order valence-electron chi connectivity index (χ0n) is 9.66. The summed E-state index contributed by atoms with van der Waals surface area (Å²) in [6.07, 6.45) is 4.76. The number of benzene rings is 1. The van der Waals surface area contributed by atoms with Crippen molar-refractivity contribution >= 4 is 21.8 Å². The number of hydrogen-bond donors (Lipinski definition) is 2. The number of carbonyl (C=O) groups excluding carboxylic acids is 1. The molecule has 1 aliphatic carbocycles. The second-order valence-electron chi connectivity index (χ2n) is 4.53. The van der Waals surface area contributed by atoms with E-state index in [0.29, 0.717) is 6.04 Å². The lowest BCUT2D eigenvalue weighted by molar-refractivity contribution is -0.120. The van der Waals surface area contributed by atoms with Crippen molar-refractivity contribution in [2.75, 3.05) is 0 Å². The zero-order chi connectivity index (χ0) is 12.3. The molecule has 3 nitrogen and oxygen atoms in total. The van der Waals surface area contributed by atoms with E-state index in [9.17, 15) is 4.79 Å². The molecule has 1 aromatic rings. The number of hydrogen-bond acceptors (Lipinski definition) is 2. The molecule has 1 aromatic carbocycles. The van der Waals surface area contributed by atoms with Gasteiger partial charge >= 0.3 is 0 Å². The van der Waals surface area contributed by atoms with Crippen LogP contribution in [0, 0.1) is 0 Å². The molecule has 0 radical (unpaired) electrons. The van der Waals surface area contributed by atoms with E-state index in [2.05, 4.69) is 21.2 Å². The Kier molecular flexibility index (Phi) is 4.18. The van der Waals surface area contributed by atoms with Crippen molar-refractivity contribution < 1.29 is 4.79 Å². The average Bonchev–Trinajstić information content (AvgIpc) is 2.80. The third kappa shape index (κ3) is 3.30. The van der Waals surface area contributed by atoms with Crippen LogP contribution in [0.25, 0.3) is 0 Å². The maximum atomic E-state index is 11.5. The van der Waals surface area contributed by atoms with Crippen LogP contribution >= 0.6 is 15.9 Å². The summed E-state index contributed by atoms with van der Waals surface area (Å²) < 4.78 is 1.00. The van der Waals surface area contributed by atoms with Crippen molar-refractivity contribution in [3.05, 3.63) is 34.3 Å². The molecule has 1 saturated carbocycles. The van der Waals surface area contributed by atoms with Gasteiger partial charge < -0.3 is 5.73 Å². The number of carbonyl (C=O) groups is 1. The molecule has 0 unspecified atom stereocenters. The number of nitrogens with one attached hydrogen (secondary N) is 1. The second-order valence-corrected chi connectivity index (χ2v) is 5.45. The summed E-state index contributed by atoms with van der Waals surface area (Å²) in [5.74, 6) is -0.306. The van der Waals surface area contributed by atoms with Crippen LogP contribution in [0.4, 0.5) is 0 Å². The summed E-state index contributed by atoms with van der Waals surface area (Å²) in [4.78, 5) is 11.5. The Morgan fingerprint density at radius 3 is 2.41 bits per heavy atom. The first-order valence-corrected chi connectivity index (χ1v) is 6.77. The van der Waals surface area contributed by atoms with Crippen LogP contribution in [-0.4, -0.2) is 11.9 Å². The summed E-state index contributed by atoms with van der Waals surface area (Å²) in [5, 5.41) is 3.36. The van der Waals surface area contributed by atoms with Gasteiger partial charge in [-0.1, -0.05) is 40.9 Å². The molecule has 0 saturated heterocycles. The fraction of sp³-hybridized carbons (Fsp3) is 0.462. The third-order valence-corrected chi connectivity index (χ3v) is 3.77. The molecule has 17 heavy (non-hydrogen) atoms. The van der Waals surface area contributed by atoms with Crippen LogP contribution in [0.1, 0.15) is 37.3 Å². The van der Waals surface area contributed by atoms with Gasteiger partial charge in [-0.3, -0.25) is 10.1 Å². The fourth-order valence-corrected chi connectivity index (χ4v) is 2.59. The van der Waals surface area contributed by atoms with E-state index >= 15 is 0 Å². The molecule has 0 heterocycles. The average molecular weight is 297 g/mol. The molecule has 4 heteroatoms. The summed E-state index contributed by atoms with van der Waals surface area (Å²) in [7, 11) is 0. The first-order chi connectivity index (χ1) is 8.16. The van der Waals surface area contributed by atoms with Gasteiger partial charge in [0.05, 0.1) is 0 Å². The van der Waals surface area contributed by atoms with Crippen molar-refractivity contribution in [1.29, 1.82) is 0 Å².